The summed E-state index contributed by atoms with van der Waals surface area (Å²) in [7, 11) is 0. The average molecular weight is 312 g/mol. The minimum Gasteiger partial charge on any atom is -0.350 e. The molecule has 2 heterocycles. The summed E-state index contributed by atoms with van der Waals surface area (Å²) in [5, 5.41) is 10.4. The number of aromatic nitrogens is 3. The Labute approximate surface area is 132 Å². The first-order valence-corrected chi connectivity index (χ1v) is 7.32. The zero-order valence-electron chi connectivity index (χ0n) is 12.7. The van der Waals surface area contributed by atoms with E-state index in [9.17, 15) is 4.79 Å². The van der Waals surface area contributed by atoms with Crippen molar-refractivity contribution in [2.24, 2.45) is 0 Å². The van der Waals surface area contributed by atoms with Crippen molar-refractivity contribution in [1.29, 1.82) is 0 Å². The number of nitrogens with one attached hydrogen (secondary N) is 1. The molecule has 0 unspecified atom stereocenters. The van der Waals surface area contributed by atoms with Crippen molar-refractivity contribution in [1.82, 2.24) is 20.6 Å². The Balaban J connectivity index is 1.50. The molecule has 0 aliphatic heterocycles. The summed E-state index contributed by atoms with van der Waals surface area (Å²) >= 11 is 0. The summed E-state index contributed by atoms with van der Waals surface area (Å²) in [6.45, 7) is 2.25. The molecule has 2 aromatic heterocycles. The zero-order chi connectivity index (χ0) is 16.1. The van der Waals surface area contributed by atoms with Crippen LogP contribution in [-0.2, 0) is 6.42 Å². The van der Waals surface area contributed by atoms with Crippen LogP contribution in [-0.4, -0.2) is 27.7 Å². The van der Waals surface area contributed by atoms with Gasteiger partial charge in [-0.2, -0.15) is 4.98 Å². The van der Waals surface area contributed by atoms with E-state index in [-0.39, 0.29) is 11.7 Å². The summed E-state index contributed by atoms with van der Waals surface area (Å²) in [5.41, 5.74) is 1.54. The molecule has 0 atom stereocenters. The Morgan fingerprint density at radius 3 is 2.74 bits per heavy atom. The van der Waals surface area contributed by atoms with Crippen molar-refractivity contribution >= 4 is 5.91 Å². The van der Waals surface area contributed by atoms with Crippen molar-refractivity contribution in [3.05, 3.63) is 53.9 Å². The summed E-state index contributed by atoms with van der Waals surface area (Å²) in [6.07, 6.45) is 1.32. The molecule has 3 rings (SSSR count). The van der Waals surface area contributed by atoms with E-state index in [4.69, 9.17) is 9.05 Å². The van der Waals surface area contributed by atoms with Crippen LogP contribution in [0.3, 0.4) is 0 Å². The van der Waals surface area contributed by atoms with Crippen molar-refractivity contribution < 1.29 is 13.8 Å². The summed E-state index contributed by atoms with van der Waals surface area (Å²) in [6, 6.07) is 11.2. The minimum absolute atomic E-state index is 0.192. The van der Waals surface area contributed by atoms with Crippen LogP contribution in [0.25, 0.3) is 11.3 Å². The number of carbonyl (C=O) groups is 1. The van der Waals surface area contributed by atoms with Crippen LogP contribution in [0.1, 0.15) is 28.7 Å². The minimum atomic E-state index is -0.290. The van der Waals surface area contributed by atoms with Gasteiger partial charge in [0, 0.05) is 24.6 Å². The Kier molecular flexibility index (Phi) is 4.46. The lowest BCUT2D eigenvalue weighted by Gasteiger charge is -2.00. The number of benzene rings is 1. The first-order chi connectivity index (χ1) is 11.2. The molecule has 0 aliphatic carbocycles. The first kappa shape index (κ1) is 15.0. The lowest BCUT2D eigenvalue weighted by molar-refractivity contribution is 0.0916. The zero-order valence-corrected chi connectivity index (χ0v) is 12.7. The SMILES string of the molecule is Cc1noc(CCCNC(=O)c2cc(-c3ccccc3)no2)n1. The van der Waals surface area contributed by atoms with E-state index in [0.717, 1.165) is 5.56 Å². The van der Waals surface area contributed by atoms with Gasteiger partial charge < -0.3 is 14.4 Å². The molecule has 1 N–H and O–H groups in total. The fourth-order valence-corrected chi connectivity index (χ4v) is 2.10. The highest BCUT2D eigenvalue weighted by molar-refractivity contribution is 5.92. The lowest BCUT2D eigenvalue weighted by Crippen LogP contribution is -2.24. The van der Waals surface area contributed by atoms with Crippen LogP contribution in [0, 0.1) is 6.92 Å². The fraction of sp³-hybridized carbons (Fsp3) is 0.250. The maximum absolute atomic E-state index is 12.0. The highest BCUT2D eigenvalue weighted by Gasteiger charge is 2.13. The predicted molar refractivity (Wildman–Crippen MR) is 81.6 cm³/mol. The van der Waals surface area contributed by atoms with E-state index in [1.807, 2.05) is 30.3 Å². The number of nitrogens with zero attached hydrogens (tertiary/aromatic N) is 3. The first-order valence-electron chi connectivity index (χ1n) is 7.32. The second-order valence-electron chi connectivity index (χ2n) is 5.04. The van der Waals surface area contributed by atoms with E-state index in [2.05, 4.69) is 20.6 Å². The molecular formula is C16H16N4O3. The Morgan fingerprint density at radius 2 is 2.00 bits per heavy atom. The molecule has 7 heteroatoms. The van der Waals surface area contributed by atoms with E-state index >= 15 is 0 Å². The smallest absolute Gasteiger partial charge is 0.289 e. The number of rotatable bonds is 6. The van der Waals surface area contributed by atoms with Crippen LogP contribution < -0.4 is 5.32 Å². The van der Waals surface area contributed by atoms with Gasteiger partial charge in [0.25, 0.3) is 5.91 Å². The predicted octanol–water partition coefficient (Wildman–Crippen LogP) is 2.40. The molecule has 0 fully saturated rings. The summed E-state index contributed by atoms with van der Waals surface area (Å²) in [4.78, 5) is 16.1. The molecule has 0 spiro atoms. The number of aryl methyl sites for hydroxylation is 2. The summed E-state index contributed by atoms with van der Waals surface area (Å²) < 4.78 is 10.1. The molecule has 0 radical (unpaired) electrons. The second-order valence-corrected chi connectivity index (χ2v) is 5.04. The molecule has 0 saturated carbocycles. The van der Waals surface area contributed by atoms with Gasteiger partial charge in [-0.3, -0.25) is 4.79 Å². The van der Waals surface area contributed by atoms with Crippen molar-refractivity contribution in [3.8, 4) is 11.3 Å². The molecule has 0 bridgehead atoms. The van der Waals surface area contributed by atoms with Gasteiger partial charge >= 0.3 is 0 Å². The molecule has 1 amide bonds. The maximum Gasteiger partial charge on any atom is 0.289 e. The van der Waals surface area contributed by atoms with Crippen molar-refractivity contribution in [3.63, 3.8) is 0 Å². The van der Waals surface area contributed by atoms with E-state index in [1.165, 1.54) is 0 Å². The molecule has 23 heavy (non-hydrogen) atoms. The highest BCUT2D eigenvalue weighted by atomic mass is 16.5. The van der Waals surface area contributed by atoms with Crippen LogP contribution in [0.2, 0.25) is 0 Å². The van der Waals surface area contributed by atoms with Crippen molar-refractivity contribution in [2.75, 3.05) is 6.54 Å². The van der Waals surface area contributed by atoms with Gasteiger partial charge in [0.2, 0.25) is 11.7 Å². The highest BCUT2D eigenvalue weighted by Crippen LogP contribution is 2.18. The van der Waals surface area contributed by atoms with Gasteiger partial charge in [0.15, 0.2) is 5.82 Å². The molecular weight excluding hydrogens is 296 g/mol. The summed E-state index contributed by atoms with van der Waals surface area (Å²) in [5.74, 6) is 1.08. The molecule has 0 aliphatic rings. The number of hydrogen-bond donors (Lipinski definition) is 1. The van der Waals surface area contributed by atoms with Gasteiger partial charge in [-0.15, -0.1) is 0 Å². The van der Waals surface area contributed by atoms with Crippen LogP contribution in [0.4, 0.5) is 0 Å². The largest absolute Gasteiger partial charge is 0.350 e. The molecule has 3 aromatic rings. The number of amides is 1. The van der Waals surface area contributed by atoms with Gasteiger partial charge in [0.05, 0.1) is 0 Å². The van der Waals surface area contributed by atoms with Crippen LogP contribution in [0.15, 0.2) is 45.4 Å². The third-order valence-electron chi connectivity index (χ3n) is 3.23. The second kappa shape index (κ2) is 6.87. The van der Waals surface area contributed by atoms with Gasteiger partial charge in [-0.25, -0.2) is 0 Å². The van der Waals surface area contributed by atoms with Crippen LogP contribution in [0.5, 0.6) is 0 Å². The molecule has 1 aromatic carbocycles. The maximum atomic E-state index is 12.0. The van der Waals surface area contributed by atoms with E-state index < -0.39 is 0 Å². The van der Waals surface area contributed by atoms with Gasteiger partial charge in [-0.1, -0.05) is 40.6 Å². The third kappa shape index (κ3) is 3.82. The van der Waals surface area contributed by atoms with E-state index in [1.54, 1.807) is 13.0 Å². The molecule has 0 saturated heterocycles. The van der Waals surface area contributed by atoms with Crippen LogP contribution >= 0.6 is 0 Å². The monoisotopic (exact) mass is 312 g/mol. The number of hydrogen-bond acceptors (Lipinski definition) is 6. The van der Waals surface area contributed by atoms with Gasteiger partial charge in [0.1, 0.15) is 5.69 Å². The van der Waals surface area contributed by atoms with Gasteiger partial charge in [-0.05, 0) is 13.3 Å². The quantitative estimate of drug-likeness (QED) is 0.702. The molecule has 118 valence electrons. The average Bonchev–Trinajstić information content (AvgIpc) is 3.21. The standard InChI is InChI=1S/C16H16N4O3/c1-11-18-15(23-19-11)8-5-9-17-16(21)14-10-13(20-22-14)12-6-3-2-4-7-12/h2-4,6-7,10H,5,8-9H2,1H3,(H,17,21). The van der Waals surface area contributed by atoms with Crippen molar-refractivity contribution in [2.45, 2.75) is 19.8 Å². The Hall–Kier alpha value is -2.96. The fourth-order valence-electron chi connectivity index (χ4n) is 2.10. The third-order valence-corrected chi connectivity index (χ3v) is 3.23. The topological polar surface area (TPSA) is 94.1 Å². The molecule has 7 nitrogen and oxygen atoms in total. The Morgan fingerprint density at radius 1 is 1.17 bits per heavy atom. The normalized spacial score (nSPS) is 10.7. The number of carbonyl (C=O) groups excluding carboxylic acids is 1. The van der Waals surface area contributed by atoms with E-state index in [0.29, 0.717) is 36.8 Å². The lowest BCUT2D eigenvalue weighted by atomic mass is 10.1. The Bertz CT molecular complexity index is 779.